The number of hydrogen-bond donors (Lipinski definition) is 2. The lowest BCUT2D eigenvalue weighted by atomic mass is 10.5. The highest BCUT2D eigenvalue weighted by molar-refractivity contribution is 9.10. The van der Waals surface area contributed by atoms with Gasteiger partial charge < -0.3 is 9.67 Å². The predicted molar refractivity (Wildman–Crippen MR) is 60.9 cm³/mol. The summed E-state index contributed by atoms with van der Waals surface area (Å²) in [7, 11) is 1.30. The normalized spacial score (nSPS) is 10.9. The van der Waals surface area contributed by atoms with E-state index in [0.29, 0.717) is 0 Å². The second-order valence-electron chi connectivity index (χ2n) is 3.35. The fraction of sp³-hybridized carbons (Fsp3) is 0.250. The third-order valence-electron chi connectivity index (χ3n) is 2.25. The van der Waals surface area contributed by atoms with Crippen LogP contribution in [0.15, 0.2) is 14.3 Å². The fourth-order valence-electron chi connectivity index (χ4n) is 1.45. The van der Waals surface area contributed by atoms with Crippen LogP contribution in [0.25, 0.3) is 11.2 Å². The Hall–Kier alpha value is -1.90. The summed E-state index contributed by atoms with van der Waals surface area (Å²) in [6.07, 6.45) is 0. The van der Waals surface area contributed by atoms with Crippen LogP contribution < -0.4 is 11.2 Å². The zero-order valence-corrected chi connectivity index (χ0v) is 10.2. The van der Waals surface area contributed by atoms with Crippen molar-refractivity contribution in [3.63, 3.8) is 0 Å². The van der Waals surface area contributed by atoms with Crippen molar-refractivity contribution in [1.29, 1.82) is 0 Å². The molecule has 2 rings (SSSR count). The first kappa shape index (κ1) is 11.6. The van der Waals surface area contributed by atoms with Crippen molar-refractivity contribution >= 4 is 33.1 Å². The third kappa shape index (κ3) is 1.78. The van der Waals surface area contributed by atoms with Crippen LogP contribution in [0.5, 0.6) is 0 Å². The molecule has 2 heterocycles. The van der Waals surface area contributed by atoms with Crippen LogP contribution in [-0.2, 0) is 18.4 Å². The summed E-state index contributed by atoms with van der Waals surface area (Å²) in [6.45, 7) is -0.418. The minimum Gasteiger partial charge on any atom is -0.480 e. The Balaban J connectivity index is 2.90. The SMILES string of the molecule is Cn1c(=O)[nH]c2nc(Br)n(CC(=O)O)c2c1=O. The van der Waals surface area contributed by atoms with E-state index in [1.807, 2.05) is 0 Å². The molecule has 0 saturated heterocycles. The highest BCUT2D eigenvalue weighted by Gasteiger charge is 2.16. The Labute approximate surface area is 102 Å². The molecule has 0 radical (unpaired) electrons. The highest BCUT2D eigenvalue weighted by atomic mass is 79.9. The minimum atomic E-state index is -1.11. The smallest absolute Gasteiger partial charge is 0.329 e. The number of hydrogen-bond acceptors (Lipinski definition) is 4. The van der Waals surface area contributed by atoms with E-state index in [9.17, 15) is 14.4 Å². The van der Waals surface area contributed by atoms with Gasteiger partial charge in [-0.15, -0.1) is 0 Å². The van der Waals surface area contributed by atoms with Gasteiger partial charge in [0.25, 0.3) is 5.56 Å². The number of aromatic nitrogens is 4. The number of nitrogens with zero attached hydrogens (tertiary/aromatic N) is 3. The lowest BCUT2D eigenvalue weighted by Gasteiger charge is -2.01. The number of fused-ring (bicyclic) bond motifs is 1. The van der Waals surface area contributed by atoms with E-state index < -0.39 is 23.8 Å². The fourth-order valence-corrected chi connectivity index (χ4v) is 1.93. The Morgan fingerprint density at radius 3 is 2.76 bits per heavy atom. The Bertz CT molecular complexity index is 725. The van der Waals surface area contributed by atoms with Crippen molar-refractivity contribution in [3.8, 4) is 0 Å². The van der Waals surface area contributed by atoms with Gasteiger partial charge in [0.2, 0.25) is 0 Å². The van der Waals surface area contributed by atoms with Crippen molar-refractivity contribution in [1.82, 2.24) is 19.1 Å². The number of halogens is 1. The van der Waals surface area contributed by atoms with Crippen molar-refractivity contribution < 1.29 is 9.90 Å². The minimum absolute atomic E-state index is 0.0429. The first-order valence-corrected chi connectivity index (χ1v) is 5.28. The number of H-pyrrole nitrogens is 1. The Morgan fingerprint density at radius 1 is 1.53 bits per heavy atom. The van der Waals surface area contributed by atoms with E-state index in [1.54, 1.807) is 0 Å². The molecule has 0 aliphatic heterocycles. The molecule has 0 spiro atoms. The average molecular weight is 303 g/mol. The van der Waals surface area contributed by atoms with Crippen molar-refractivity contribution in [2.45, 2.75) is 6.54 Å². The summed E-state index contributed by atoms with van der Waals surface area (Å²) in [5.74, 6) is -1.11. The molecule has 0 aliphatic carbocycles. The molecule has 90 valence electrons. The van der Waals surface area contributed by atoms with Crippen molar-refractivity contribution in [3.05, 3.63) is 25.6 Å². The summed E-state index contributed by atoms with van der Waals surface area (Å²) in [5.41, 5.74) is -1.09. The van der Waals surface area contributed by atoms with E-state index in [-0.39, 0.29) is 15.9 Å². The first-order valence-electron chi connectivity index (χ1n) is 4.48. The molecule has 0 bridgehead atoms. The zero-order chi connectivity index (χ0) is 12.7. The van der Waals surface area contributed by atoms with E-state index >= 15 is 0 Å². The van der Waals surface area contributed by atoms with E-state index in [1.165, 1.54) is 11.6 Å². The highest BCUT2D eigenvalue weighted by Crippen LogP contribution is 2.14. The molecular weight excluding hydrogens is 296 g/mol. The lowest BCUT2D eigenvalue weighted by Crippen LogP contribution is -2.33. The monoisotopic (exact) mass is 302 g/mol. The van der Waals surface area contributed by atoms with Gasteiger partial charge in [-0.3, -0.25) is 19.1 Å². The molecule has 2 N–H and O–H groups in total. The van der Waals surface area contributed by atoms with Crippen LogP contribution in [0.2, 0.25) is 0 Å². The van der Waals surface area contributed by atoms with E-state index in [0.717, 1.165) is 4.57 Å². The lowest BCUT2D eigenvalue weighted by molar-refractivity contribution is -0.137. The van der Waals surface area contributed by atoms with E-state index in [2.05, 4.69) is 25.9 Å². The van der Waals surface area contributed by atoms with Gasteiger partial charge in [0.15, 0.2) is 15.9 Å². The molecule has 0 atom stereocenters. The predicted octanol–water partition coefficient (Wildman–Crippen LogP) is -0.730. The molecular formula is C8H7BrN4O4. The van der Waals surface area contributed by atoms with Crippen LogP contribution in [0.1, 0.15) is 0 Å². The molecule has 0 aliphatic rings. The van der Waals surface area contributed by atoms with Gasteiger partial charge in [0, 0.05) is 7.05 Å². The van der Waals surface area contributed by atoms with Crippen molar-refractivity contribution in [2.75, 3.05) is 0 Å². The van der Waals surface area contributed by atoms with Gasteiger partial charge in [-0.05, 0) is 15.9 Å². The molecule has 8 nitrogen and oxygen atoms in total. The van der Waals surface area contributed by atoms with E-state index in [4.69, 9.17) is 5.11 Å². The van der Waals surface area contributed by atoms with Crippen LogP contribution >= 0.6 is 15.9 Å². The number of rotatable bonds is 2. The zero-order valence-electron chi connectivity index (χ0n) is 8.60. The maximum Gasteiger partial charge on any atom is 0.329 e. The number of carbonyl (C=O) groups is 1. The molecule has 0 amide bonds. The number of aliphatic carboxylic acids is 1. The Morgan fingerprint density at radius 2 is 2.18 bits per heavy atom. The van der Waals surface area contributed by atoms with Gasteiger partial charge >= 0.3 is 11.7 Å². The molecule has 9 heteroatoms. The second kappa shape index (κ2) is 3.84. The largest absolute Gasteiger partial charge is 0.480 e. The maximum atomic E-state index is 11.8. The van der Waals surface area contributed by atoms with Crippen LogP contribution in [0.3, 0.4) is 0 Å². The van der Waals surface area contributed by atoms with Crippen LogP contribution in [0.4, 0.5) is 0 Å². The number of nitrogens with one attached hydrogen (secondary N) is 1. The second-order valence-corrected chi connectivity index (χ2v) is 4.06. The molecule has 0 aromatic carbocycles. The van der Waals surface area contributed by atoms with Gasteiger partial charge in [-0.1, -0.05) is 0 Å². The van der Waals surface area contributed by atoms with Gasteiger partial charge in [-0.2, -0.15) is 0 Å². The Kier molecular flexibility index (Phi) is 2.62. The summed E-state index contributed by atoms with van der Waals surface area (Å²) in [6, 6.07) is 0. The summed E-state index contributed by atoms with van der Waals surface area (Å²) in [5, 5.41) is 8.73. The standard InChI is InChI=1S/C8H7BrN4O4/c1-12-6(16)4-5(11-8(12)17)10-7(9)13(4)2-3(14)15/h2H2,1H3,(H,11,17)(H,14,15). The van der Waals surface area contributed by atoms with Gasteiger partial charge in [0.1, 0.15) is 6.54 Å². The summed E-state index contributed by atoms with van der Waals surface area (Å²) in [4.78, 5) is 40.1. The maximum absolute atomic E-state index is 11.8. The molecule has 0 saturated carbocycles. The molecule has 0 fully saturated rings. The third-order valence-corrected chi connectivity index (χ3v) is 2.86. The van der Waals surface area contributed by atoms with Crippen LogP contribution in [-0.4, -0.2) is 30.2 Å². The molecule has 2 aromatic rings. The van der Waals surface area contributed by atoms with Crippen LogP contribution in [0, 0.1) is 0 Å². The average Bonchev–Trinajstić information content (AvgIpc) is 2.51. The molecule has 2 aromatic heterocycles. The topological polar surface area (TPSA) is 110 Å². The quantitative estimate of drug-likeness (QED) is 0.711. The number of carboxylic acid groups (broad SMARTS) is 1. The summed E-state index contributed by atoms with van der Waals surface area (Å²) < 4.78 is 2.21. The number of imidazole rings is 1. The summed E-state index contributed by atoms with van der Waals surface area (Å²) >= 11 is 3.04. The van der Waals surface area contributed by atoms with Gasteiger partial charge in [-0.25, -0.2) is 9.78 Å². The van der Waals surface area contributed by atoms with Crippen molar-refractivity contribution in [2.24, 2.45) is 7.05 Å². The first-order chi connectivity index (χ1) is 7.91. The molecule has 0 unspecified atom stereocenters. The molecule has 17 heavy (non-hydrogen) atoms. The number of aromatic amines is 1. The van der Waals surface area contributed by atoms with Gasteiger partial charge in [0.05, 0.1) is 0 Å². The number of carboxylic acids is 1.